The Morgan fingerprint density at radius 1 is 0.391 bits per heavy atom. The standard InChI is InChI=1S/C7HF15O/c8-1(5(14,15)16,6(17,18)19)2(9,10)3(11,12)4(13,23)7(20,21)22/h23H. The summed E-state index contributed by atoms with van der Waals surface area (Å²) in [6.07, 6.45) is -23.4. The average Bonchev–Trinajstić information content (AvgIpc) is 2.22. The zero-order valence-electron chi connectivity index (χ0n) is 9.62. The first-order valence-electron chi connectivity index (χ1n) is 4.56. The van der Waals surface area contributed by atoms with E-state index in [4.69, 9.17) is 5.11 Å². The lowest BCUT2D eigenvalue weighted by molar-refractivity contribution is -0.476. The van der Waals surface area contributed by atoms with Crippen molar-refractivity contribution in [2.75, 3.05) is 0 Å². The first-order valence-corrected chi connectivity index (χ1v) is 4.56. The highest BCUT2D eigenvalue weighted by Gasteiger charge is 2.95. The molecule has 0 spiro atoms. The van der Waals surface area contributed by atoms with Crippen LogP contribution in [0.5, 0.6) is 0 Å². The van der Waals surface area contributed by atoms with Gasteiger partial charge in [-0.15, -0.1) is 0 Å². The zero-order chi connectivity index (χ0) is 19.5. The van der Waals surface area contributed by atoms with Crippen LogP contribution in [0.15, 0.2) is 0 Å². The van der Waals surface area contributed by atoms with Crippen molar-refractivity contribution >= 4 is 0 Å². The summed E-state index contributed by atoms with van der Waals surface area (Å²) in [5.74, 6) is -24.3. The molecule has 0 heterocycles. The van der Waals surface area contributed by atoms with Crippen LogP contribution in [0.25, 0.3) is 0 Å². The minimum atomic E-state index is -8.44. The van der Waals surface area contributed by atoms with Crippen molar-refractivity contribution in [1.29, 1.82) is 0 Å². The maximum Gasteiger partial charge on any atom is 0.455 e. The normalized spacial score (nSPS) is 18.8. The molecule has 140 valence electrons. The summed E-state index contributed by atoms with van der Waals surface area (Å²) in [6, 6.07) is 0. The van der Waals surface area contributed by atoms with Crippen molar-refractivity contribution in [3.05, 3.63) is 0 Å². The Bertz CT molecular complexity index is 422. The molecular weight excluding hydrogens is 385 g/mol. The second-order valence-electron chi connectivity index (χ2n) is 3.92. The van der Waals surface area contributed by atoms with Gasteiger partial charge in [0, 0.05) is 0 Å². The summed E-state index contributed by atoms with van der Waals surface area (Å²) in [4.78, 5) is 0. The Labute approximate surface area is 114 Å². The molecule has 0 aromatic heterocycles. The van der Waals surface area contributed by atoms with Gasteiger partial charge in [0.1, 0.15) is 0 Å². The molecule has 1 unspecified atom stereocenters. The van der Waals surface area contributed by atoms with E-state index in [9.17, 15) is 65.9 Å². The topological polar surface area (TPSA) is 20.2 Å². The molecule has 0 aromatic rings. The van der Waals surface area contributed by atoms with Crippen molar-refractivity contribution in [1.82, 2.24) is 0 Å². The summed E-state index contributed by atoms with van der Waals surface area (Å²) in [6.45, 7) is 0. The van der Waals surface area contributed by atoms with E-state index >= 15 is 0 Å². The highest BCUT2D eigenvalue weighted by atomic mass is 19.4. The van der Waals surface area contributed by atoms with E-state index in [1.54, 1.807) is 0 Å². The molecule has 0 rings (SSSR count). The Morgan fingerprint density at radius 3 is 0.826 bits per heavy atom. The lowest BCUT2D eigenvalue weighted by atomic mass is 9.87. The minimum Gasteiger partial charge on any atom is -0.350 e. The second-order valence-corrected chi connectivity index (χ2v) is 3.92. The number of aliphatic hydroxyl groups is 1. The fraction of sp³-hybridized carbons (Fsp3) is 1.00. The maximum absolute atomic E-state index is 12.9. The van der Waals surface area contributed by atoms with Crippen LogP contribution in [0.2, 0.25) is 0 Å². The van der Waals surface area contributed by atoms with E-state index in [-0.39, 0.29) is 0 Å². The van der Waals surface area contributed by atoms with E-state index in [0.29, 0.717) is 0 Å². The molecule has 0 radical (unpaired) electrons. The molecule has 0 fully saturated rings. The van der Waals surface area contributed by atoms with Gasteiger partial charge in [0.25, 0.3) is 0 Å². The van der Waals surface area contributed by atoms with E-state index in [0.717, 1.165) is 0 Å². The van der Waals surface area contributed by atoms with Crippen LogP contribution >= 0.6 is 0 Å². The monoisotopic (exact) mass is 386 g/mol. The molecule has 0 saturated carbocycles. The molecule has 0 amide bonds. The van der Waals surface area contributed by atoms with Gasteiger partial charge in [-0.1, -0.05) is 0 Å². The maximum atomic E-state index is 12.9. The van der Waals surface area contributed by atoms with Crippen LogP contribution in [0.3, 0.4) is 0 Å². The summed E-state index contributed by atoms with van der Waals surface area (Å²) < 4.78 is 183. The van der Waals surface area contributed by atoms with Crippen LogP contribution < -0.4 is 0 Å². The number of hydrogen-bond acceptors (Lipinski definition) is 1. The van der Waals surface area contributed by atoms with Crippen molar-refractivity contribution in [3.63, 3.8) is 0 Å². The van der Waals surface area contributed by atoms with Crippen molar-refractivity contribution in [2.24, 2.45) is 0 Å². The molecule has 1 nitrogen and oxygen atoms in total. The number of hydrogen-bond donors (Lipinski definition) is 1. The third-order valence-electron chi connectivity index (χ3n) is 2.40. The molecule has 23 heavy (non-hydrogen) atoms. The fourth-order valence-corrected chi connectivity index (χ4v) is 1.12. The smallest absolute Gasteiger partial charge is 0.350 e. The molecule has 0 aliphatic carbocycles. The molecule has 1 N–H and O–H groups in total. The number of rotatable bonds is 3. The molecule has 0 saturated heterocycles. The lowest BCUT2D eigenvalue weighted by Gasteiger charge is -2.42. The third-order valence-corrected chi connectivity index (χ3v) is 2.40. The van der Waals surface area contributed by atoms with Gasteiger partial charge in [-0.3, -0.25) is 0 Å². The van der Waals surface area contributed by atoms with Gasteiger partial charge in [0.15, 0.2) is 0 Å². The molecule has 0 aromatic carbocycles. The van der Waals surface area contributed by atoms with E-state index < -0.39 is 41.9 Å². The van der Waals surface area contributed by atoms with Gasteiger partial charge >= 0.3 is 41.9 Å². The third kappa shape index (κ3) is 2.67. The summed E-state index contributed by atoms with van der Waals surface area (Å²) in [7, 11) is 0. The predicted octanol–water partition coefficient (Wildman–Crippen LogP) is 4.31. The number of alkyl halides is 15. The lowest BCUT2D eigenvalue weighted by Crippen LogP contribution is -2.75. The van der Waals surface area contributed by atoms with Crippen LogP contribution in [0, 0.1) is 0 Å². The summed E-state index contributed by atoms with van der Waals surface area (Å²) in [5, 5.41) is 7.69. The minimum absolute atomic E-state index is 7.49. The summed E-state index contributed by atoms with van der Waals surface area (Å²) >= 11 is 0. The first-order chi connectivity index (χ1) is 9.50. The van der Waals surface area contributed by atoms with E-state index in [1.807, 2.05) is 0 Å². The molecule has 16 heteroatoms. The highest BCUT2D eigenvalue weighted by molar-refractivity contribution is 5.15. The first kappa shape index (κ1) is 21.9. The van der Waals surface area contributed by atoms with Gasteiger partial charge < -0.3 is 5.11 Å². The van der Waals surface area contributed by atoms with Crippen molar-refractivity contribution in [3.8, 4) is 0 Å². The molecule has 1 atom stereocenters. The molecule has 0 aliphatic rings. The van der Waals surface area contributed by atoms with Gasteiger partial charge in [-0.25, -0.2) is 4.39 Å². The average molecular weight is 386 g/mol. The zero-order valence-corrected chi connectivity index (χ0v) is 9.62. The largest absolute Gasteiger partial charge is 0.455 e. The SMILES string of the molecule is OC(F)(C(F)(F)F)C(F)(F)C(F)(F)C(F)(C(F)(F)F)C(F)(F)F. The van der Waals surface area contributed by atoms with Crippen molar-refractivity contribution in [2.45, 2.75) is 41.9 Å². The van der Waals surface area contributed by atoms with Gasteiger partial charge in [0.2, 0.25) is 0 Å². The Morgan fingerprint density at radius 2 is 0.652 bits per heavy atom. The van der Waals surface area contributed by atoms with E-state index in [2.05, 4.69) is 0 Å². The van der Waals surface area contributed by atoms with Crippen LogP contribution in [-0.4, -0.2) is 47.0 Å². The van der Waals surface area contributed by atoms with Crippen LogP contribution in [0.1, 0.15) is 0 Å². The van der Waals surface area contributed by atoms with Crippen molar-refractivity contribution < 1.29 is 71.0 Å². The quantitative estimate of drug-likeness (QED) is 0.717. The van der Waals surface area contributed by atoms with Gasteiger partial charge in [-0.2, -0.15) is 61.5 Å². The fourth-order valence-electron chi connectivity index (χ4n) is 1.12. The van der Waals surface area contributed by atoms with Crippen LogP contribution in [0.4, 0.5) is 65.9 Å². The predicted molar refractivity (Wildman–Crippen MR) is 38.0 cm³/mol. The molecule has 0 bridgehead atoms. The van der Waals surface area contributed by atoms with Gasteiger partial charge in [0.05, 0.1) is 0 Å². The Kier molecular flexibility index (Phi) is 4.72. The van der Waals surface area contributed by atoms with Crippen LogP contribution in [-0.2, 0) is 0 Å². The Hall–Kier alpha value is -1.09. The molecular formula is C7HF15O. The Balaban J connectivity index is 6.65. The highest BCUT2D eigenvalue weighted by Crippen LogP contribution is 2.62. The number of halogens is 15. The van der Waals surface area contributed by atoms with Gasteiger partial charge in [-0.05, 0) is 0 Å². The summed E-state index contributed by atoms with van der Waals surface area (Å²) in [5.41, 5.74) is -8.30. The second kappa shape index (κ2) is 4.95. The van der Waals surface area contributed by atoms with E-state index in [1.165, 1.54) is 0 Å². The molecule has 0 aliphatic heterocycles.